The summed E-state index contributed by atoms with van der Waals surface area (Å²) in [6.45, 7) is 0.434. The van der Waals surface area contributed by atoms with E-state index in [2.05, 4.69) is 0 Å². The molecule has 0 radical (unpaired) electrons. The lowest BCUT2D eigenvalue weighted by Crippen LogP contribution is -2.35. The van der Waals surface area contributed by atoms with Crippen molar-refractivity contribution in [3.05, 3.63) is 35.4 Å². The minimum Gasteiger partial charge on any atom is -0.295 e. The van der Waals surface area contributed by atoms with Gasteiger partial charge in [0.2, 0.25) is 0 Å². The van der Waals surface area contributed by atoms with Gasteiger partial charge in [0.05, 0.1) is 6.54 Å². The van der Waals surface area contributed by atoms with Gasteiger partial charge in [0.1, 0.15) is 11.6 Å². The van der Waals surface area contributed by atoms with Crippen molar-refractivity contribution >= 4 is 5.78 Å². The van der Waals surface area contributed by atoms with E-state index in [9.17, 15) is 26.7 Å². The first kappa shape index (κ1) is 16.6. The van der Waals surface area contributed by atoms with Crippen LogP contribution in [0.25, 0.3) is 0 Å². The molecule has 2 nitrogen and oxygen atoms in total. The van der Waals surface area contributed by atoms with Gasteiger partial charge in [-0.3, -0.25) is 9.69 Å². The van der Waals surface area contributed by atoms with E-state index in [-0.39, 0.29) is 25.1 Å². The number of alkyl halides is 3. The number of hydrogen-bond acceptors (Lipinski definition) is 2. The summed E-state index contributed by atoms with van der Waals surface area (Å²) in [5.74, 6) is -2.38. The van der Waals surface area contributed by atoms with Crippen LogP contribution in [0.4, 0.5) is 22.0 Å². The molecular formula is C13H14F5NO. The molecule has 112 valence electrons. The van der Waals surface area contributed by atoms with Crippen molar-refractivity contribution in [2.24, 2.45) is 0 Å². The van der Waals surface area contributed by atoms with E-state index < -0.39 is 30.1 Å². The number of rotatable bonds is 6. The lowest BCUT2D eigenvalue weighted by atomic mass is 10.1. The maximum Gasteiger partial charge on any atom is 0.401 e. The molecule has 0 N–H and O–H groups in total. The van der Waals surface area contributed by atoms with Gasteiger partial charge in [-0.05, 0) is 18.7 Å². The number of nitrogens with zero attached hydrogens (tertiary/aromatic N) is 1. The molecule has 0 spiro atoms. The Labute approximate surface area is 113 Å². The van der Waals surface area contributed by atoms with Crippen LogP contribution in [-0.2, 0) is 0 Å². The van der Waals surface area contributed by atoms with Gasteiger partial charge in [-0.25, -0.2) is 8.78 Å². The highest BCUT2D eigenvalue weighted by Crippen LogP contribution is 2.17. The summed E-state index contributed by atoms with van der Waals surface area (Å²) in [5.41, 5.74) is -0.175. The third-order valence-corrected chi connectivity index (χ3v) is 2.69. The zero-order valence-electron chi connectivity index (χ0n) is 10.8. The number of carbonyl (C=O) groups excluding carboxylic acids is 1. The Morgan fingerprint density at radius 1 is 1.15 bits per heavy atom. The van der Waals surface area contributed by atoms with Crippen molar-refractivity contribution in [3.63, 3.8) is 0 Å². The second kappa shape index (κ2) is 6.78. The lowest BCUT2D eigenvalue weighted by Gasteiger charge is -2.21. The first-order valence-corrected chi connectivity index (χ1v) is 5.99. The van der Waals surface area contributed by atoms with Crippen LogP contribution in [0.1, 0.15) is 23.7 Å². The smallest absolute Gasteiger partial charge is 0.295 e. The van der Waals surface area contributed by atoms with E-state index in [0.29, 0.717) is 6.07 Å². The fourth-order valence-electron chi connectivity index (χ4n) is 1.72. The average Bonchev–Trinajstić information content (AvgIpc) is 2.31. The molecule has 0 fully saturated rings. The summed E-state index contributed by atoms with van der Waals surface area (Å²) >= 11 is 0. The van der Waals surface area contributed by atoms with Crippen LogP contribution in [0, 0.1) is 11.6 Å². The Kier molecular flexibility index (Phi) is 5.62. The Hall–Kier alpha value is -1.50. The summed E-state index contributed by atoms with van der Waals surface area (Å²) in [4.78, 5) is 12.7. The molecule has 0 aliphatic rings. The molecule has 0 heterocycles. The molecule has 0 unspecified atom stereocenters. The zero-order chi connectivity index (χ0) is 15.3. The summed E-state index contributed by atoms with van der Waals surface area (Å²) in [5, 5.41) is 0. The predicted molar refractivity (Wildman–Crippen MR) is 63.5 cm³/mol. The molecule has 0 aliphatic carbocycles. The fourth-order valence-corrected chi connectivity index (χ4v) is 1.72. The van der Waals surface area contributed by atoms with Crippen LogP contribution in [0.2, 0.25) is 0 Å². The first-order chi connectivity index (χ1) is 9.21. The summed E-state index contributed by atoms with van der Waals surface area (Å²) < 4.78 is 62.5. The molecule has 0 aromatic heterocycles. The van der Waals surface area contributed by atoms with E-state index in [1.54, 1.807) is 0 Å². The van der Waals surface area contributed by atoms with Crippen LogP contribution >= 0.6 is 0 Å². The molecule has 0 amide bonds. The normalized spacial score (nSPS) is 11.9. The van der Waals surface area contributed by atoms with Gasteiger partial charge < -0.3 is 0 Å². The minimum absolute atomic E-state index is 0.118. The van der Waals surface area contributed by atoms with Crippen molar-refractivity contribution in [1.29, 1.82) is 0 Å². The second-order valence-electron chi connectivity index (χ2n) is 4.32. The Balaban J connectivity index is 2.61. The van der Waals surface area contributed by atoms with Gasteiger partial charge in [0, 0.05) is 24.6 Å². The maximum atomic E-state index is 12.9. The number of benzene rings is 1. The third kappa shape index (κ3) is 5.64. The van der Waals surface area contributed by atoms with E-state index >= 15 is 0 Å². The second-order valence-corrected chi connectivity index (χ2v) is 4.32. The van der Waals surface area contributed by atoms with E-state index in [4.69, 9.17) is 0 Å². The Morgan fingerprint density at radius 2 is 1.70 bits per heavy atom. The molecule has 0 aliphatic heterocycles. The molecule has 0 saturated carbocycles. The van der Waals surface area contributed by atoms with Gasteiger partial charge in [0.25, 0.3) is 0 Å². The highest BCUT2D eigenvalue weighted by Gasteiger charge is 2.30. The molecule has 0 saturated heterocycles. The molecular weight excluding hydrogens is 281 g/mol. The highest BCUT2D eigenvalue weighted by atomic mass is 19.4. The summed E-state index contributed by atoms with van der Waals surface area (Å²) in [6.07, 6.45) is -4.57. The molecule has 20 heavy (non-hydrogen) atoms. The molecule has 7 heteroatoms. The van der Waals surface area contributed by atoms with Gasteiger partial charge >= 0.3 is 6.18 Å². The van der Waals surface area contributed by atoms with Gasteiger partial charge in [-0.15, -0.1) is 0 Å². The molecule has 1 rings (SSSR count). The third-order valence-electron chi connectivity index (χ3n) is 2.69. The average molecular weight is 295 g/mol. The molecule has 1 aromatic rings. The number of ketones is 1. The molecule has 1 aromatic carbocycles. The quantitative estimate of drug-likeness (QED) is 0.592. The van der Waals surface area contributed by atoms with Crippen LogP contribution < -0.4 is 0 Å². The van der Waals surface area contributed by atoms with Crippen molar-refractivity contribution < 1.29 is 26.7 Å². The summed E-state index contributed by atoms with van der Waals surface area (Å²) in [6, 6.07) is 2.36. The Morgan fingerprint density at radius 3 is 2.15 bits per heavy atom. The number of halogens is 5. The standard InChI is InChI=1S/C13H14F5NO/c1-2-19(8-13(16,17)18)4-3-12(20)9-5-10(14)7-11(15)6-9/h5-7H,2-4,8H2,1H3. The van der Waals surface area contributed by atoms with Crippen molar-refractivity contribution in [3.8, 4) is 0 Å². The van der Waals surface area contributed by atoms with Gasteiger partial charge in [0.15, 0.2) is 5.78 Å². The van der Waals surface area contributed by atoms with E-state index in [0.717, 1.165) is 17.0 Å². The fraction of sp³-hybridized carbons (Fsp3) is 0.462. The predicted octanol–water partition coefficient (Wildman–Crippen LogP) is 3.42. The van der Waals surface area contributed by atoms with Crippen molar-refractivity contribution in [2.75, 3.05) is 19.6 Å². The first-order valence-electron chi connectivity index (χ1n) is 5.99. The van der Waals surface area contributed by atoms with E-state index in [1.165, 1.54) is 6.92 Å². The molecule has 0 atom stereocenters. The highest BCUT2D eigenvalue weighted by molar-refractivity contribution is 5.96. The number of Topliss-reactive ketones (excluding diaryl/α,β-unsaturated/α-hetero) is 1. The Bertz CT molecular complexity index is 452. The van der Waals surface area contributed by atoms with E-state index in [1.807, 2.05) is 0 Å². The lowest BCUT2D eigenvalue weighted by molar-refractivity contribution is -0.145. The SMILES string of the molecule is CCN(CCC(=O)c1cc(F)cc(F)c1)CC(F)(F)F. The maximum absolute atomic E-state index is 12.9. The van der Waals surface area contributed by atoms with Crippen LogP contribution in [0.5, 0.6) is 0 Å². The minimum atomic E-state index is -4.34. The van der Waals surface area contributed by atoms with Crippen molar-refractivity contribution in [1.82, 2.24) is 4.90 Å². The van der Waals surface area contributed by atoms with Crippen LogP contribution in [0.15, 0.2) is 18.2 Å². The largest absolute Gasteiger partial charge is 0.401 e. The van der Waals surface area contributed by atoms with Crippen LogP contribution in [0.3, 0.4) is 0 Å². The van der Waals surface area contributed by atoms with Crippen LogP contribution in [-0.4, -0.2) is 36.5 Å². The summed E-state index contributed by atoms with van der Waals surface area (Å²) in [7, 11) is 0. The van der Waals surface area contributed by atoms with Gasteiger partial charge in [-0.1, -0.05) is 6.92 Å². The zero-order valence-corrected chi connectivity index (χ0v) is 10.8. The molecule has 0 bridgehead atoms. The topological polar surface area (TPSA) is 20.3 Å². The number of carbonyl (C=O) groups is 1. The monoisotopic (exact) mass is 295 g/mol. The number of hydrogen-bond donors (Lipinski definition) is 0. The van der Waals surface area contributed by atoms with Crippen molar-refractivity contribution in [2.45, 2.75) is 19.5 Å². The van der Waals surface area contributed by atoms with Gasteiger partial charge in [-0.2, -0.15) is 13.2 Å².